The fourth-order valence-corrected chi connectivity index (χ4v) is 1.36. The Morgan fingerprint density at radius 2 is 2.06 bits per heavy atom. The SMILES string of the molecule is COc1ncc(C(F)F)c(OC)c1C(=O)Cl. The number of carbonyl (C=O) groups is 1. The average Bonchev–Trinajstić information content (AvgIpc) is 2.26. The lowest BCUT2D eigenvalue weighted by Gasteiger charge is -2.12. The first-order valence-electron chi connectivity index (χ1n) is 4.11. The lowest BCUT2D eigenvalue weighted by molar-refractivity contribution is 0.107. The van der Waals surface area contributed by atoms with E-state index in [1.807, 2.05) is 0 Å². The maximum absolute atomic E-state index is 12.6. The second-order valence-electron chi connectivity index (χ2n) is 2.71. The molecule has 1 rings (SSSR count). The summed E-state index contributed by atoms with van der Waals surface area (Å²) in [6.07, 6.45) is -1.94. The molecule has 4 nitrogen and oxygen atoms in total. The minimum absolute atomic E-state index is 0.152. The van der Waals surface area contributed by atoms with E-state index >= 15 is 0 Å². The number of carbonyl (C=O) groups excluding carboxylic acids is 1. The van der Waals surface area contributed by atoms with Gasteiger partial charge in [0.25, 0.3) is 11.7 Å². The molecule has 0 fully saturated rings. The lowest BCUT2D eigenvalue weighted by Crippen LogP contribution is -2.05. The normalized spacial score (nSPS) is 10.4. The van der Waals surface area contributed by atoms with E-state index in [-0.39, 0.29) is 17.2 Å². The Hall–Kier alpha value is -1.43. The topological polar surface area (TPSA) is 48.4 Å². The van der Waals surface area contributed by atoms with E-state index in [9.17, 15) is 13.6 Å². The van der Waals surface area contributed by atoms with Crippen LogP contribution < -0.4 is 9.47 Å². The van der Waals surface area contributed by atoms with E-state index < -0.39 is 17.2 Å². The standard InChI is InChI=1S/C9H8ClF2NO3/c1-15-6-4(8(11)12)3-13-9(16-2)5(6)7(10)14/h3,8H,1-2H3. The van der Waals surface area contributed by atoms with Crippen LogP contribution in [0.5, 0.6) is 11.6 Å². The predicted molar refractivity (Wildman–Crippen MR) is 52.5 cm³/mol. The number of nitrogens with zero attached hydrogens (tertiary/aromatic N) is 1. The highest BCUT2D eigenvalue weighted by Crippen LogP contribution is 2.36. The second-order valence-corrected chi connectivity index (χ2v) is 3.05. The fourth-order valence-electron chi connectivity index (χ4n) is 1.20. The highest BCUT2D eigenvalue weighted by Gasteiger charge is 2.25. The summed E-state index contributed by atoms with van der Waals surface area (Å²) < 4.78 is 34.6. The zero-order valence-corrected chi connectivity index (χ0v) is 9.22. The Morgan fingerprint density at radius 1 is 1.44 bits per heavy atom. The summed E-state index contributed by atoms with van der Waals surface area (Å²) in [5, 5.41) is -0.969. The number of methoxy groups -OCH3 is 2. The molecule has 0 saturated carbocycles. The number of hydrogen-bond acceptors (Lipinski definition) is 4. The molecule has 0 amide bonds. The molecule has 0 radical (unpaired) electrons. The van der Waals surface area contributed by atoms with E-state index in [0.717, 1.165) is 13.3 Å². The van der Waals surface area contributed by atoms with Crippen molar-refractivity contribution in [3.8, 4) is 11.6 Å². The van der Waals surface area contributed by atoms with E-state index in [1.165, 1.54) is 7.11 Å². The molecular formula is C9H8ClF2NO3. The summed E-state index contributed by atoms with van der Waals surface area (Å²) in [6.45, 7) is 0. The third-order valence-electron chi connectivity index (χ3n) is 1.85. The predicted octanol–water partition coefficient (Wildman–Crippen LogP) is 2.42. The van der Waals surface area contributed by atoms with Crippen molar-refractivity contribution in [3.05, 3.63) is 17.3 Å². The zero-order valence-electron chi connectivity index (χ0n) is 8.46. The Labute approximate surface area is 95.1 Å². The molecule has 7 heteroatoms. The number of rotatable bonds is 4. The van der Waals surface area contributed by atoms with Gasteiger partial charge in [0, 0.05) is 6.20 Å². The van der Waals surface area contributed by atoms with Gasteiger partial charge in [-0.2, -0.15) is 0 Å². The van der Waals surface area contributed by atoms with Crippen LogP contribution in [0.15, 0.2) is 6.20 Å². The van der Waals surface area contributed by atoms with Gasteiger partial charge in [-0.3, -0.25) is 4.79 Å². The third kappa shape index (κ3) is 2.21. The number of aromatic nitrogens is 1. The summed E-state index contributed by atoms with van der Waals surface area (Å²) in [5.41, 5.74) is -0.809. The largest absolute Gasteiger partial charge is 0.495 e. The molecule has 88 valence electrons. The van der Waals surface area contributed by atoms with Crippen LogP contribution >= 0.6 is 11.6 Å². The Balaban J connectivity index is 3.49. The fraction of sp³-hybridized carbons (Fsp3) is 0.333. The second kappa shape index (κ2) is 5.07. The van der Waals surface area contributed by atoms with Gasteiger partial charge in [-0.05, 0) is 11.6 Å². The zero-order chi connectivity index (χ0) is 12.3. The van der Waals surface area contributed by atoms with Crippen LogP contribution in [0.3, 0.4) is 0 Å². The van der Waals surface area contributed by atoms with Gasteiger partial charge in [0.2, 0.25) is 5.88 Å². The smallest absolute Gasteiger partial charge is 0.268 e. The third-order valence-corrected chi connectivity index (χ3v) is 2.04. The molecule has 0 aromatic carbocycles. The molecule has 0 unspecified atom stereocenters. The number of pyridine rings is 1. The first kappa shape index (κ1) is 12.6. The Kier molecular flexibility index (Phi) is 4.00. The van der Waals surface area contributed by atoms with Crippen LogP contribution in [-0.2, 0) is 0 Å². The van der Waals surface area contributed by atoms with Crippen LogP contribution in [0.1, 0.15) is 22.3 Å². The van der Waals surface area contributed by atoms with Crippen molar-refractivity contribution >= 4 is 16.8 Å². The van der Waals surface area contributed by atoms with Gasteiger partial charge in [-0.1, -0.05) is 0 Å². The first-order valence-corrected chi connectivity index (χ1v) is 4.49. The maximum atomic E-state index is 12.6. The van der Waals surface area contributed by atoms with Gasteiger partial charge in [0.05, 0.1) is 19.8 Å². The van der Waals surface area contributed by atoms with Gasteiger partial charge in [-0.15, -0.1) is 0 Å². The summed E-state index contributed by atoms with van der Waals surface area (Å²) in [7, 11) is 2.40. The molecule has 0 N–H and O–H groups in total. The minimum atomic E-state index is -2.82. The highest BCUT2D eigenvalue weighted by atomic mass is 35.5. The van der Waals surface area contributed by atoms with E-state index in [4.69, 9.17) is 21.1 Å². The number of hydrogen-bond donors (Lipinski definition) is 0. The van der Waals surface area contributed by atoms with Crippen molar-refractivity contribution in [2.45, 2.75) is 6.43 Å². The van der Waals surface area contributed by atoms with E-state index in [2.05, 4.69) is 4.98 Å². The van der Waals surface area contributed by atoms with Gasteiger partial charge < -0.3 is 9.47 Å². The molecule has 1 aromatic rings. The number of ether oxygens (including phenoxy) is 2. The van der Waals surface area contributed by atoms with Gasteiger partial charge in [0.1, 0.15) is 11.3 Å². The summed E-state index contributed by atoms with van der Waals surface area (Å²) in [6, 6.07) is 0. The van der Waals surface area contributed by atoms with Crippen molar-refractivity contribution in [2.24, 2.45) is 0 Å². The molecule has 0 aliphatic carbocycles. The lowest BCUT2D eigenvalue weighted by atomic mass is 10.2. The average molecular weight is 252 g/mol. The van der Waals surface area contributed by atoms with Crippen LogP contribution in [0.4, 0.5) is 8.78 Å². The van der Waals surface area contributed by atoms with E-state index in [0.29, 0.717) is 0 Å². The molecule has 1 aromatic heterocycles. The molecule has 16 heavy (non-hydrogen) atoms. The Morgan fingerprint density at radius 3 is 2.44 bits per heavy atom. The van der Waals surface area contributed by atoms with Gasteiger partial charge >= 0.3 is 0 Å². The summed E-state index contributed by atoms with van der Waals surface area (Å²) >= 11 is 5.26. The van der Waals surface area contributed by atoms with Crippen LogP contribution in [-0.4, -0.2) is 24.4 Å². The molecule has 0 bridgehead atoms. The Bertz CT molecular complexity index is 412. The van der Waals surface area contributed by atoms with Crippen LogP contribution in [0.2, 0.25) is 0 Å². The van der Waals surface area contributed by atoms with Crippen molar-refractivity contribution in [3.63, 3.8) is 0 Å². The molecule has 0 aliphatic heterocycles. The quantitative estimate of drug-likeness (QED) is 0.771. The first-order chi connectivity index (χ1) is 7.52. The maximum Gasteiger partial charge on any atom is 0.268 e. The molecule has 0 saturated heterocycles. The summed E-state index contributed by atoms with van der Waals surface area (Å²) in [4.78, 5) is 14.7. The monoisotopic (exact) mass is 251 g/mol. The molecular weight excluding hydrogens is 244 g/mol. The van der Waals surface area contributed by atoms with Crippen LogP contribution in [0, 0.1) is 0 Å². The van der Waals surface area contributed by atoms with Crippen LogP contribution in [0.25, 0.3) is 0 Å². The van der Waals surface area contributed by atoms with E-state index in [1.54, 1.807) is 0 Å². The summed E-state index contributed by atoms with van der Waals surface area (Å²) in [5.74, 6) is -0.469. The van der Waals surface area contributed by atoms with Gasteiger partial charge in [-0.25, -0.2) is 13.8 Å². The van der Waals surface area contributed by atoms with Crippen molar-refractivity contribution < 1.29 is 23.0 Å². The molecule has 0 atom stereocenters. The number of alkyl halides is 2. The number of halogens is 3. The van der Waals surface area contributed by atoms with Crippen molar-refractivity contribution in [2.75, 3.05) is 14.2 Å². The highest BCUT2D eigenvalue weighted by molar-refractivity contribution is 6.68. The van der Waals surface area contributed by atoms with Gasteiger partial charge in [0.15, 0.2) is 0 Å². The molecule has 0 spiro atoms. The molecule has 1 heterocycles. The molecule has 0 aliphatic rings. The minimum Gasteiger partial charge on any atom is -0.495 e. The van der Waals surface area contributed by atoms with Crippen molar-refractivity contribution in [1.29, 1.82) is 0 Å². The van der Waals surface area contributed by atoms with Crippen molar-refractivity contribution in [1.82, 2.24) is 4.98 Å².